The van der Waals surface area contributed by atoms with E-state index in [9.17, 15) is 14.4 Å². The topological polar surface area (TPSA) is 93.1 Å². The Labute approximate surface area is 162 Å². The molecule has 142 valence electrons. The number of nitrogens with one attached hydrogen (secondary N) is 2. The fourth-order valence-corrected chi connectivity index (χ4v) is 2.68. The monoisotopic (exact) mass is 376 g/mol. The lowest BCUT2D eigenvalue weighted by Gasteiger charge is -2.10. The van der Waals surface area contributed by atoms with E-state index in [1.807, 2.05) is 38.1 Å². The van der Waals surface area contributed by atoms with Crippen LogP contribution in [0.1, 0.15) is 21.6 Å². The van der Waals surface area contributed by atoms with E-state index in [0.29, 0.717) is 11.4 Å². The Morgan fingerprint density at radius 3 is 2.43 bits per heavy atom. The van der Waals surface area contributed by atoms with Crippen LogP contribution in [0.5, 0.6) is 0 Å². The Kier molecular flexibility index (Phi) is 5.64. The lowest BCUT2D eigenvalue weighted by atomic mass is 10.1. The van der Waals surface area contributed by atoms with Crippen LogP contribution >= 0.6 is 0 Å². The van der Waals surface area contributed by atoms with Crippen molar-refractivity contribution in [3.8, 4) is 0 Å². The van der Waals surface area contributed by atoms with Gasteiger partial charge in [0.15, 0.2) is 0 Å². The summed E-state index contributed by atoms with van der Waals surface area (Å²) in [5, 5.41) is 9.47. The van der Waals surface area contributed by atoms with Crippen LogP contribution in [0.15, 0.2) is 65.5 Å². The summed E-state index contributed by atoms with van der Waals surface area (Å²) in [6, 6.07) is 17.1. The lowest BCUT2D eigenvalue weighted by molar-refractivity contribution is -0.117. The summed E-state index contributed by atoms with van der Waals surface area (Å²) >= 11 is 0. The average molecular weight is 376 g/mol. The maximum atomic E-state index is 12.3. The molecule has 7 nitrogen and oxygen atoms in total. The van der Waals surface area contributed by atoms with E-state index in [2.05, 4.69) is 15.7 Å². The smallest absolute Gasteiger partial charge is 0.276 e. The first-order chi connectivity index (χ1) is 13.4. The zero-order valence-corrected chi connectivity index (χ0v) is 15.6. The highest BCUT2D eigenvalue weighted by Crippen LogP contribution is 2.15. The van der Waals surface area contributed by atoms with Crippen LogP contribution in [0, 0.1) is 13.8 Å². The van der Waals surface area contributed by atoms with Crippen LogP contribution in [0.3, 0.4) is 0 Å². The van der Waals surface area contributed by atoms with E-state index in [-0.39, 0.29) is 12.2 Å². The molecule has 0 unspecified atom stereocenters. The van der Waals surface area contributed by atoms with Crippen LogP contribution in [-0.4, -0.2) is 21.6 Å². The molecule has 2 N–H and O–H groups in total. The molecule has 28 heavy (non-hydrogen) atoms. The van der Waals surface area contributed by atoms with Gasteiger partial charge in [0.25, 0.3) is 11.5 Å². The molecule has 0 radical (unpaired) electrons. The molecule has 0 aliphatic carbocycles. The third-order valence-electron chi connectivity index (χ3n) is 4.08. The first-order valence-electron chi connectivity index (χ1n) is 8.74. The number of rotatable bonds is 5. The molecule has 3 aromatic rings. The molecule has 0 spiro atoms. The first kappa shape index (κ1) is 19.0. The Hall–Kier alpha value is -3.74. The second-order valence-corrected chi connectivity index (χ2v) is 6.40. The predicted molar refractivity (Wildman–Crippen MR) is 107 cm³/mol. The standard InChI is InChI=1S/C21H20N4O3/c1-14-8-9-17(15(2)12-14)23-19(26)13-25-20(27)11-10-18(24-25)21(28)22-16-6-4-3-5-7-16/h3-12H,13H2,1-2H3,(H,22,28)(H,23,26). The number of para-hydroxylation sites is 1. The summed E-state index contributed by atoms with van der Waals surface area (Å²) in [5.41, 5.74) is 2.87. The number of benzene rings is 2. The van der Waals surface area contributed by atoms with E-state index < -0.39 is 17.4 Å². The second kappa shape index (κ2) is 8.30. The van der Waals surface area contributed by atoms with Gasteiger partial charge in [0.05, 0.1) is 0 Å². The number of carbonyl (C=O) groups excluding carboxylic acids is 2. The minimum absolute atomic E-state index is 0.0442. The van der Waals surface area contributed by atoms with Gasteiger partial charge in [0, 0.05) is 17.4 Å². The molecule has 0 aliphatic heterocycles. The van der Waals surface area contributed by atoms with Gasteiger partial charge in [-0.1, -0.05) is 35.9 Å². The van der Waals surface area contributed by atoms with Gasteiger partial charge in [0.1, 0.15) is 12.2 Å². The summed E-state index contributed by atoms with van der Waals surface area (Å²) in [4.78, 5) is 36.7. The zero-order chi connectivity index (χ0) is 20.1. The van der Waals surface area contributed by atoms with Crippen molar-refractivity contribution in [2.45, 2.75) is 20.4 Å². The van der Waals surface area contributed by atoms with Crippen molar-refractivity contribution in [3.63, 3.8) is 0 Å². The van der Waals surface area contributed by atoms with Crippen molar-refractivity contribution in [1.29, 1.82) is 0 Å². The van der Waals surface area contributed by atoms with E-state index in [4.69, 9.17) is 0 Å². The number of aromatic nitrogens is 2. The van der Waals surface area contributed by atoms with Gasteiger partial charge < -0.3 is 10.6 Å². The first-order valence-corrected chi connectivity index (χ1v) is 8.74. The number of hydrogen-bond donors (Lipinski definition) is 2. The normalized spacial score (nSPS) is 10.4. The number of hydrogen-bond acceptors (Lipinski definition) is 4. The van der Waals surface area contributed by atoms with E-state index in [1.54, 1.807) is 24.3 Å². The average Bonchev–Trinajstić information content (AvgIpc) is 2.66. The van der Waals surface area contributed by atoms with E-state index in [1.165, 1.54) is 12.1 Å². The molecule has 7 heteroatoms. The third kappa shape index (κ3) is 4.70. The summed E-state index contributed by atoms with van der Waals surface area (Å²) in [5.74, 6) is -0.864. The van der Waals surface area contributed by atoms with Crippen molar-refractivity contribution in [3.05, 3.63) is 87.8 Å². The number of amides is 2. The molecule has 0 aliphatic rings. The molecule has 1 aromatic heterocycles. The van der Waals surface area contributed by atoms with Crippen LogP contribution in [0.25, 0.3) is 0 Å². The molecular formula is C21H20N4O3. The van der Waals surface area contributed by atoms with E-state index >= 15 is 0 Å². The van der Waals surface area contributed by atoms with Crippen LogP contribution in [0.2, 0.25) is 0 Å². The Morgan fingerprint density at radius 1 is 0.964 bits per heavy atom. The second-order valence-electron chi connectivity index (χ2n) is 6.40. The van der Waals surface area contributed by atoms with Gasteiger partial charge in [-0.25, -0.2) is 4.68 Å². The van der Waals surface area contributed by atoms with Crippen LogP contribution < -0.4 is 16.2 Å². The summed E-state index contributed by atoms with van der Waals surface area (Å²) < 4.78 is 0.971. The summed E-state index contributed by atoms with van der Waals surface area (Å²) in [6.45, 7) is 3.56. The van der Waals surface area contributed by atoms with Crippen molar-refractivity contribution >= 4 is 23.2 Å². The summed E-state index contributed by atoms with van der Waals surface area (Å²) in [7, 11) is 0. The molecular weight excluding hydrogens is 356 g/mol. The SMILES string of the molecule is Cc1ccc(NC(=O)Cn2nc(C(=O)Nc3ccccc3)ccc2=O)c(C)c1. The highest BCUT2D eigenvalue weighted by Gasteiger charge is 2.13. The van der Waals surface area contributed by atoms with E-state index in [0.717, 1.165) is 15.8 Å². The highest BCUT2D eigenvalue weighted by molar-refractivity contribution is 6.02. The molecule has 0 saturated heterocycles. The molecule has 2 aromatic carbocycles. The molecule has 0 atom stereocenters. The molecule has 2 amide bonds. The fraction of sp³-hybridized carbons (Fsp3) is 0.143. The van der Waals surface area contributed by atoms with Crippen LogP contribution in [0.4, 0.5) is 11.4 Å². The number of nitrogens with zero attached hydrogens (tertiary/aromatic N) is 2. The zero-order valence-electron chi connectivity index (χ0n) is 15.6. The molecule has 1 heterocycles. The van der Waals surface area contributed by atoms with Gasteiger partial charge >= 0.3 is 0 Å². The number of anilines is 2. The largest absolute Gasteiger partial charge is 0.324 e. The van der Waals surface area contributed by atoms with Crippen LogP contribution in [-0.2, 0) is 11.3 Å². The molecule has 0 fully saturated rings. The van der Waals surface area contributed by atoms with Gasteiger partial charge in [-0.3, -0.25) is 14.4 Å². The molecule has 0 bridgehead atoms. The summed E-state index contributed by atoms with van der Waals surface area (Å²) in [6.07, 6.45) is 0. The predicted octanol–water partition coefficient (Wildman–Crippen LogP) is 2.75. The van der Waals surface area contributed by atoms with Gasteiger partial charge in [-0.15, -0.1) is 0 Å². The quantitative estimate of drug-likeness (QED) is 0.716. The Morgan fingerprint density at radius 2 is 1.71 bits per heavy atom. The third-order valence-corrected chi connectivity index (χ3v) is 4.08. The van der Waals surface area contributed by atoms with Gasteiger partial charge in [0.2, 0.25) is 5.91 Å². The molecule has 3 rings (SSSR count). The Balaban J connectivity index is 1.73. The van der Waals surface area contributed by atoms with Gasteiger partial charge in [-0.05, 0) is 43.7 Å². The minimum atomic E-state index is -0.466. The van der Waals surface area contributed by atoms with Crippen molar-refractivity contribution in [2.75, 3.05) is 10.6 Å². The maximum Gasteiger partial charge on any atom is 0.276 e. The fourth-order valence-electron chi connectivity index (χ4n) is 2.68. The number of carbonyl (C=O) groups is 2. The van der Waals surface area contributed by atoms with Crippen molar-refractivity contribution in [1.82, 2.24) is 9.78 Å². The Bertz CT molecular complexity index is 1070. The lowest BCUT2D eigenvalue weighted by Crippen LogP contribution is -2.31. The maximum absolute atomic E-state index is 12.3. The van der Waals surface area contributed by atoms with Crippen molar-refractivity contribution in [2.24, 2.45) is 0 Å². The van der Waals surface area contributed by atoms with Gasteiger partial charge in [-0.2, -0.15) is 5.10 Å². The minimum Gasteiger partial charge on any atom is -0.324 e. The molecule has 0 saturated carbocycles. The van der Waals surface area contributed by atoms with Crippen molar-refractivity contribution < 1.29 is 9.59 Å². The number of aryl methyl sites for hydroxylation is 2. The highest BCUT2D eigenvalue weighted by atomic mass is 16.2.